The van der Waals surface area contributed by atoms with E-state index in [9.17, 15) is 4.79 Å². The average Bonchev–Trinajstić information content (AvgIpc) is 3.64. The zero-order valence-corrected chi connectivity index (χ0v) is 18.7. The topological polar surface area (TPSA) is 121 Å². The molecule has 0 unspecified atom stereocenters. The van der Waals surface area contributed by atoms with Gasteiger partial charge in [0.25, 0.3) is 0 Å². The first-order valence-electron chi connectivity index (χ1n) is 10.9. The summed E-state index contributed by atoms with van der Waals surface area (Å²) in [6.45, 7) is 1.05. The number of anilines is 2. The zero-order chi connectivity index (χ0) is 25.1. The Bertz CT molecular complexity index is 1330. The lowest BCUT2D eigenvalue weighted by molar-refractivity contribution is 0.147. The van der Waals surface area contributed by atoms with Gasteiger partial charge in [0, 0.05) is 25.2 Å². The normalized spacial score (nSPS) is 15.4. The summed E-state index contributed by atoms with van der Waals surface area (Å²) >= 11 is 0. The van der Waals surface area contributed by atoms with E-state index < -0.39 is 40.9 Å². The van der Waals surface area contributed by atoms with Crippen molar-refractivity contribution in [2.24, 2.45) is 0 Å². The number of aromatic nitrogens is 4. The van der Waals surface area contributed by atoms with Gasteiger partial charge in [-0.05, 0) is 11.1 Å². The Labute approximate surface area is 202 Å². The molecule has 3 N–H and O–H groups in total. The van der Waals surface area contributed by atoms with Gasteiger partial charge in [-0.25, -0.2) is 18.0 Å². The van der Waals surface area contributed by atoms with Gasteiger partial charge in [0.2, 0.25) is 0 Å². The van der Waals surface area contributed by atoms with Crippen LogP contribution in [0.2, 0.25) is 0 Å². The lowest BCUT2D eigenvalue weighted by atomic mass is 10.0. The fourth-order valence-corrected chi connectivity index (χ4v) is 3.83. The quantitative estimate of drug-likeness (QED) is 0.299. The number of carbonyl (C=O) groups is 1. The van der Waals surface area contributed by atoms with E-state index in [1.54, 1.807) is 24.4 Å². The van der Waals surface area contributed by atoms with Crippen molar-refractivity contribution >= 4 is 17.6 Å². The van der Waals surface area contributed by atoms with Gasteiger partial charge in [0.15, 0.2) is 17.5 Å². The molecule has 1 aliphatic heterocycles. The second kappa shape index (κ2) is 10.1. The van der Waals surface area contributed by atoms with Gasteiger partial charge in [-0.1, -0.05) is 34.6 Å². The molecule has 0 aliphatic carbocycles. The number of hydrogen-bond acceptors (Lipinski definition) is 8. The number of rotatable bonds is 9. The highest BCUT2D eigenvalue weighted by molar-refractivity contribution is 5.90. The summed E-state index contributed by atoms with van der Waals surface area (Å²) in [7, 11) is 0. The van der Waals surface area contributed by atoms with Crippen molar-refractivity contribution in [1.29, 1.82) is 0 Å². The van der Waals surface area contributed by atoms with Crippen molar-refractivity contribution in [3.8, 4) is 11.1 Å². The summed E-state index contributed by atoms with van der Waals surface area (Å²) in [6, 6.07) is 8.75. The van der Waals surface area contributed by atoms with E-state index in [4.69, 9.17) is 9.26 Å². The highest BCUT2D eigenvalue weighted by atomic mass is 19.2. The molecule has 0 radical (unpaired) electrons. The molecule has 1 amide bonds. The van der Waals surface area contributed by atoms with Crippen LogP contribution >= 0.6 is 0 Å². The third kappa shape index (κ3) is 4.86. The van der Waals surface area contributed by atoms with Gasteiger partial charge in [-0.2, -0.15) is 0 Å². The summed E-state index contributed by atoms with van der Waals surface area (Å²) in [5.41, 5.74) is 0.781. The van der Waals surface area contributed by atoms with Crippen LogP contribution in [0, 0.1) is 17.5 Å². The third-order valence-corrected chi connectivity index (χ3v) is 5.60. The summed E-state index contributed by atoms with van der Waals surface area (Å²) in [5.74, 6) is -3.31. The molecule has 36 heavy (non-hydrogen) atoms. The Hall–Kier alpha value is -4.39. The molecule has 13 heteroatoms. The standard InChI is InChI=1S/C23H20F3N7O3/c24-17-7-18(33-12-16(36-23(33)34)11-28-19-5-6-35-31-19)21(25)22(26)20(17)14-3-1-13(2-4-14)8-27-9-15-10-29-32-30-15/h1-7,10,16,27H,8-9,11-12H2,(H,28,31)(H,29,30,32)/t16-/m0/s1. The molecule has 1 saturated heterocycles. The number of aromatic amines is 1. The predicted molar refractivity (Wildman–Crippen MR) is 121 cm³/mol. The first-order chi connectivity index (χ1) is 17.5. The van der Waals surface area contributed by atoms with Crippen LogP contribution in [-0.2, 0) is 17.8 Å². The summed E-state index contributed by atoms with van der Waals surface area (Å²) in [6.07, 6.45) is 1.36. The number of nitrogens with one attached hydrogen (secondary N) is 3. The van der Waals surface area contributed by atoms with Crippen molar-refractivity contribution in [2.75, 3.05) is 23.3 Å². The van der Waals surface area contributed by atoms with Gasteiger partial charge in [0.05, 0.1) is 36.2 Å². The largest absolute Gasteiger partial charge is 0.442 e. The Morgan fingerprint density at radius 2 is 1.94 bits per heavy atom. The minimum Gasteiger partial charge on any atom is -0.442 e. The van der Waals surface area contributed by atoms with E-state index in [1.165, 1.54) is 18.4 Å². The van der Waals surface area contributed by atoms with Crippen LogP contribution in [0.4, 0.5) is 29.5 Å². The molecule has 0 saturated carbocycles. The molecule has 0 bridgehead atoms. The lowest BCUT2D eigenvalue weighted by Gasteiger charge is -2.17. The van der Waals surface area contributed by atoms with E-state index in [0.29, 0.717) is 18.9 Å². The number of cyclic esters (lactones) is 1. The summed E-state index contributed by atoms with van der Waals surface area (Å²) < 4.78 is 54.9. The molecule has 3 heterocycles. The predicted octanol–water partition coefficient (Wildman–Crippen LogP) is 3.60. The maximum absolute atomic E-state index is 15.0. The first kappa shape index (κ1) is 23.4. The Kier molecular flexibility index (Phi) is 6.54. The Morgan fingerprint density at radius 3 is 2.67 bits per heavy atom. The number of halogens is 3. The molecule has 186 valence electrons. The third-order valence-electron chi connectivity index (χ3n) is 5.60. The number of nitrogens with zero attached hydrogens (tertiary/aromatic N) is 4. The van der Waals surface area contributed by atoms with Gasteiger partial charge < -0.3 is 19.9 Å². The van der Waals surface area contributed by atoms with Crippen LogP contribution in [0.3, 0.4) is 0 Å². The number of H-pyrrole nitrogens is 1. The maximum Gasteiger partial charge on any atom is 0.414 e. The Morgan fingerprint density at radius 1 is 1.11 bits per heavy atom. The molecule has 2 aromatic heterocycles. The van der Waals surface area contributed by atoms with E-state index in [2.05, 4.69) is 31.2 Å². The molecule has 10 nitrogen and oxygen atoms in total. The van der Waals surface area contributed by atoms with Crippen LogP contribution in [0.1, 0.15) is 11.3 Å². The van der Waals surface area contributed by atoms with Gasteiger partial charge in [-0.15, -0.1) is 5.10 Å². The number of ether oxygens (including phenoxy) is 1. The van der Waals surface area contributed by atoms with E-state index in [-0.39, 0.29) is 18.7 Å². The fourth-order valence-electron chi connectivity index (χ4n) is 3.83. The Balaban J connectivity index is 1.28. The minimum absolute atomic E-state index is 0.102. The lowest BCUT2D eigenvalue weighted by Crippen LogP contribution is -2.28. The molecule has 4 aromatic rings. The molecule has 1 aliphatic rings. The van der Waals surface area contributed by atoms with Crippen LogP contribution in [-0.4, -0.2) is 45.9 Å². The smallest absolute Gasteiger partial charge is 0.414 e. The van der Waals surface area contributed by atoms with Gasteiger partial charge >= 0.3 is 6.09 Å². The molecule has 1 fully saturated rings. The van der Waals surface area contributed by atoms with E-state index >= 15 is 13.2 Å². The van der Waals surface area contributed by atoms with Crippen molar-refractivity contribution in [3.63, 3.8) is 0 Å². The highest BCUT2D eigenvalue weighted by Crippen LogP contribution is 2.35. The summed E-state index contributed by atoms with van der Waals surface area (Å²) in [5, 5.41) is 19.8. The first-order valence-corrected chi connectivity index (χ1v) is 10.9. The number of benzene rings is 2. The second-order valence-corrected chi connectivity index (χ2v) is 8.04. The van der Waals surface area contributed by atoms with Crippen molar-refractivity contribution in [2.45, 2.75) is 19.2 Å². The molecule has 5 rings (SSSR count). The monoisotopic (exact) mass is 499 g/mol. The molecule has 1 atom stereocenters. The molecular weight excluding hydrogens is 479 g/mol. The SMILES string of the molecule is O=C1O[C@@H](CNc2ccon2)CN1c1cc(F)c(-c2ccc(CNCc3cnn[nH]3)cc2)c(F)c1F. The maximum atomic E-state index is 15.0. The average molecular weight is 499 g/mol. The molecular formula is C23H20F3N7O3. The van der Waals surface area contributed by atoms with Crippen LogP contribution in [0.15, 0.2) is 53.4 Å². The fraction of sp³-hybridized carbons (Fsp3) is 0.217. The van der Waals surface area contributed by atoms with E-state index in [0.717, 1.165) is 22.2 Å². The second-order valence-electron chi connectivity index (χ2n) is 8.04. The van der Waals surface area contributed by atoms with Crippen LogP contribution in [0.5, 0.6) is 0 Å². The van der Waals surface area contributed by atoms with Crippen molar-refractivity contribution in [1.82, 2.24) is 25.9 Å². The minimum atomic E-state index is -1.39. The molecule has 2 aromatic carbocycles. The van der Waals surface area contributed by atoms with Gasteiger partial charge in [0.1, 0.15) is 18.2 Å². The molecule has 0 spiro atoms. The van der Waals surface area contributed by atoms with Crippen LogP contribution in [0.25, 0.3) is 11.1 Å². The number of carbonyl (C=O) groups excluding carboxylic acids is 1. The highest BCUT2D eigenvalue weighted by Gasteiger charge is 2.36. The number of hydrogen-bond donors (Lipinski definition) is 3. The van der Waals surface area contributed by atoms with Crippen molar-refractivity contribution in [3.05, 3.63) is 77.6 Å². The van der Waals surface area contributed by atoms with Gasteiger partial charge in [-0.3, -0.25) is 10.00 Å². The summed E-state index contributed by atoms with van der Waals surface area (Å²) in [4.78, 5) is 13.2. The van der Waals surface area contributed by atoms with Crippen LogP contribution < -0.4 is 15.5 Å². The zero-order valence-electron chi connectivity index (χ0n) is 18.7. The van der Waals surface area contributed by atoms with Crippen molar-refractivity contribution < 1.29 is 27.2 Å². The van der Waals surface area contributed by atoms with E-state index in [1.807, 2.05) is 0 Å². The number of amides is 1.